The van der Waals surface area contributed by atoms with Crippen molar-refractivity contribution in [3.63, 3.8) is 0 Å². The van der Waals surface area contributed by atoms with Gasteiger partial charge in [-0.2, -0.15) is 0 Å². The Bertz CT molecular complexity index is 388. The maximum absolute atomic E-state index is 13.2. The second-order valence-corrected chi connectivity index (χ2v) is 4.26. The van der Waals surface area contributed by atoms with Gasteiger partial charge in [0.1, 0.15) is 5.82 Å². The molecule has 0 spiro atoms. The Kier molecular flexibility index (Phi) is 3.19. The Morgan fingerprint density at radius 3 is 2.75 bits per heavy atom. The van der Waals surface area contributed by atoms with Crippen molar-refractivity contribution in [1.29, 1.82) is 0 Å². The predicted octanol–water partition coefficient (Wildman–Crippen LogP) is 0.974. The standard InChI is InChI=1S/C12H15FN2O/c13-11-4-2-1-3-8(11)5-12(16)15-10-6-9(14)7-10/h1-4,9-10H,5-7,14H2,(H,15,16). The number of carbonyl (C=O) groups is 1. The van der Waals surface area contributed by atoms with Gasteiger partial charge < -0.3 is 11.1 Å². The lowest BCUT2D eigenvalue weighted by atomic mass is 9.87. The molecule has 1 amide bonds. The van der Waals surface area contributed by atoms with Crippen molar-refractivity contribution >= 4 is 5.91 Å². The number of rotatable bonds is 3. The van der Waals surface area contributed by atoms with Crippen molar-refractivity contribution in [3.8, 4) is 0 Å². The van der Waals surface area contributed by atoms with Crippen LogP contribution in [0, 0.1) is 5.82 Å². The van der Waals surface area contributed by atoms with E-state index in [9.17, 15) is 9.18 Å². The van der Waals surface area contributed by atoms with E-state index < -0.39 is 0 Å². The molecule has 0 aromatic heterocycles. The maximum atomic E-state index is 13.2. The lowest BCUT2D eigenvalue weighted by Crippen LogP contribution is -2.50. The van der Waals surface area contributed by atoms with Gasteiger partial charge in [0.25, 0.3) is 0 Å². The summed E-state index contributed by atoms with van der Waals surface area (Å²) in [7, 11) is 0. The van der Waals surface area contributed by atoms with Crippen LogP contribution in [0.15, 0.2) is 24.3 Å². The summed E-state index contributed by atoms with van der Waals surface area (Å²) in [6.45, 7) is 0. The van der Waals surface area contributed by atoms with Crippen LogP contribution in [0.2, 0.25) is 0 Å². The number of carbonyl (C=O) groups excluding carboxylic acids is 1. The molecule has 0 saturated heterocycles. The summed E-state index contributed by atoms with van der Waals surface area (Å²) in [6, 6.07) is 6.71. The fourth-order valence-electron chi connectivity index (χ4n) is 1.87. The van der Waals surface area contributed by atoms with Gasteiger partial charge in [0.2, 0.25) is 5.91 Å². The molecule has 0 radical (unpaired) electrons. The molecule has 0 aliphatic heterocycles. The summed E-state index contributed by atoms with van der Waals surface area (Å²) in [4.78, 5) is 11.6. The van der Waals surface area contributed by atoms with E-state index in [0.29, 0.717) is 5.56 Å². The Hall–Kier alpha value is -1.42. The molecular weight excluding hydrogens is 207 g/mol. The normalized spacial score (nSPS) is 23.6. The smallest absolute Gasteiger partial charge is 0.224 e. The quantitative estimate of drug-likeness (QED) is 0.800. The summed E-state index contributed by atoms with van der Waals surface area (Å²) >= 11 is 0. The minimum absolute atomic E-state index is 0.0956. The highest BCUT2D eigenvalue weighted by Crippen LogP contribution is 2.17. The number of hydrogen-bond acceptors (Lipinski definition) is 2. The lowest BCUT2D eigenvalue weighted by molar-refractivity contribution is -0.121. The largest absolute Gasteiger partial charge is 0.353 e. The van der Waals surface area contributed by atoms with Crippen LogP contribution < -0.4 is 11.1 Å². The average molecular weight is 222 g/mol. The highest BCUT2D eigenvalue weighted by molar-refractivity contribution is 5.79. The van der Waals surface area contributed by atoms with E-state index in [1.165, 1.54) is 6.07 Å². The van der Waals surface area contributed by atoms with Crippen LogP contribution >= 0.6 is 0 Å². The number of benzene rings is 1. The molecule has 4 heteroatoms. The van der Waals surface area contributed by atoms with Gasteiger partial charge in [-0.1, -0.05) is 18.2 Å². The Labute approximate surface area is 93.8 Å². The first-order valence-electron chi connectivity index (χ1n) is 5.43. The third kappa shape index (κ3) is 2.58. The average Bonchev–Trinajstić information content (AvgIpc) is 2.19. The van der Waals surface area contributed by atoms with Crippen molar-refractivity contribution in [2.24, 2.45) is 5.73 Å². The third-order valence-electron chi connectivity index (χ3n) is 2.85. The Morgan fingerprint density at radius 1 is 1.44 bits per heavy atom. The van der Waals surface area contributed by atoms with E-state index in [2.05, 4.69) is 5.32 Å². The van der Waals surface area contributed by atoms with Crippen LogP contribution in [0.25, 0.3) is 0 Å². The number of halogens is 1. The van der Waals surface area contributed by atoms with E-state index in [0.717, 1.165) is 12.8 Å². The van der Waals surface area contributed by atoms with Gasteiger partial charge in [-0.25, -0.2) is 4.39 Å². The highest BCUT2D eigenvalue weighted by atomic mass is 19.1. The number of amides is 1. The zero-order valence-electron chi connectivity index (χ0n) is 8.95. The van der Waals surface area contributed by atoms with Crippen LogP contribution in [0.5, 0.6) is 0 Å². The molecule has 0 heterocycles. The number of hydrogen-bond donors (Lipinski definition) is 2. The first-order valence-corrected chi connectivity index (χ1v) is 5.43. The minimum atomic E-state index is -0.331. The highest BCUT2D eigenvalue weighted by Gasteiger charge is 2.27. The zero-order valence-corrected chi connectivity index (χ0v) is 8.95. The van der Waals surface area contributed by atoms with Crippen molar-refractivity contribution in [2.75, 3.05) is 0 Å². The first kappa shape index (κ1) is 11.1. The molecule has 1 fully saturated rings. The second kappa shape index (κ2) is 4.61. The van der Waals surface area contributed by atoms with Gasteiger partial charge in [0.05, 0.1) is 6.42 Å². The van der Waals surface area contributed by atoms with Crippen molar-refractivity contribution in [3.05, 3.63) is 35.6 Å². The molecule has 3 N–H and O–H groups in total. The number of nitrogens with one attached hydrogen (secondary N) is 1. The molecule has 2 rings (SSSR count). The van der Waals surface area contributed by atoms with Crippen molar-refractivity contribution < 1.29 is 9.18 Å². The van der Waals surface area contributed by atoms with Gasteiger partial charge in [-0.15, -0.1) is 0 Å². The minimum Gasteiger partial charge on any atom is -0.353 e. The van der Waals surface area contributed by atoms with Crippen molar-refractivity contribution in [2.45, 2.75) is 31.3 Å². The number of nitrogens with two attached hydrogens (primary N) is 1. The van der Waals surface area contributed by atoms with Crippen LogP contribution in [0.4, 0.5) is 4.39 Å². The Balaban J connectivity index is 1.85. The molecule has 0 atom stereocenters. The molecule has 16 heavy (non-hydrogen) atoms. The fourth-order valence-corrected chi connectivity index (χ4v) is 1.87. The van der Waals surface area contributed by atoms with E-state index in [-0.39, 0.29) is 30.2 Å². The van der Waals surface area contributed by atoms with Gasteiger partial charge in [-0.05, 0) is 24.5 Å². The molecule has 1 saturated carbocycles. The second-order valence-electron chi connectivity index (χ2n) is 4.26. The van der Waals surface area contributed by atoms with Crippen LogP contribution in [-0.2, 0) is 11.2 Å². The SMILES string of the molecule is NC1CC(NC(=O)Cc2ccccc2F)C1. The third-order valence-corrected chi connectivity index (χ3v) is 2.85. The summed E-state index contributed by atoms with van der Waals surface area (Å²) < 4.78 is 13.2. The van der Waals surface area contributed by atoms with Gasteiger partial charge in [0, 0.05) is 12.1 Å². The summed E-state index contributed by atoms with van der Waals surface area (Å²) in [5.41, 5.74) is 6.04. The molecule has 86 valence electrons. The van der Waals surface area contributed by atoms with Crippen molar-refractivity contribution in [1.82, 2.24) is 5.32 Å². The molecule has 0 unspecified atom stereocenters. The predicted molar refractivity (Wildman–Crippen MR) is 59.2 cm³/mol. The fraction of sp³-hybridized carbons (Fsp3) is 0.417. The van der Waals surface area contributed by atoms with E-state index >= 15 is 0 Å². The maximum Gasteiger partial charge on any atom is 0.224 e. The molecule has 3 nitrogen and oxygen atoms in total. The molecule has 1 aliphatic rings. The summed E-state index contributed by atoms with van der Waals surface area (Å²) in [5.74, 6) is -0.468. The zero-order chi connectivity index (χ0) is 11.5. The summed E-state index contributed by atoms with van der Waals surface area (Å²) in [6.07, 6.45) is 1.74. The monoisotopic (exact) mass is 222 g/mol. The van der Waals surface area contributed by atoms with Gasteiger partial charge >= 0.3 is 0 Å². The van der Waals surface area contributed by atoms with E-state index in [4.69, 9.17) is 5.73 Å². The molecule has 0 bridgehead atoms. The Morgan fingerprint density at radius 2 is 2.12 bits per heavy atom. The van der Waals surface area contributed by atoms with Gasteiger partial charge in [-0.3, -0.25) is 4.79 Å². The molecule has 1 aliphatic carbocycles. The van der Waals surface area contributed by atoms with E-state index in [1.807, 2.05) is 0 Å². The van der Waals surface area contributed by atoms with Crippen LogP contribution in [0.3, 0.4) is 0 Å². The lowest BCUT2D eigenvalue weighted by Gasteiger charge is -2.32. The van der Waals surface area contributed by atoms with Gasteiger partial charge in [0.15, 0.2) is 0 Å². The van der Waals surface area contributed by atoms with Crippen LogP contribution in [0.1, 0.15) is 18.4 Å². The topological polar surface area (TPSA) is 55.1 Å². The molecule has 1 aromatic rings. The van der Waals surface area contributed by atoms with E-state index in [1.54, 1.807) is 18.2 Å². The summed E-state index contributed by atoms with van der Waals surface area (Å²) in [5, 5.41) is 2.84. The van der Waals surface area contributed by atoms with Crippen LogP contribution in [-0.4, -0.2) is 18.0 Å². The molecular formula is C12H15FN2O. The first-order chi connectivity index (χ1) is 7.65. The molecule has 1 aromatic carbocycles.